The van der Waals surface area contributed by atoms with Crippen molar-refractivity contribution in [3.8, 4) is 11.5 Å². The van der Waals surface area contributed by atoms with Gasteiger partial charge in [0.15, 0.2) is 0 Å². The topological polar surface area (TPSA) is 68.0 Å². The van der Waals surface area contributed by atoms with Gasteiger partial charge in [-0.3, -0.25) is 4.79 Å². The van der Waals surface area contributed by atoms with Crippen LogP contribution in [0.3, 0.4) is 0 Å². The predicted octanol–water partition coefficient (Wildman–Crippen LogP) is 4.33. The number of rotatable bonds is 5. The molecule has 3 aromatic rings. The zero-order valence-electron chi connectivity index (χ0n) is 15.1. The lowest BCUT2D eigenvalue weighted by atomic mass is 9.88. The highest BCUT2D eigenvalue weighted by Gasteiger charge is 2.21. The first-order valence-corrected chi connectivity index (χ1v) is 10.1. The molecule has 6 heteroatoms. The molecule has 1 heterocycles. The zero-order chi connectivity index (χ0) is 18.6. The van der Waals surface area contributed by atoms with E-state index in [0.29, 0.717) is 11.1 Å². The van der Waals surface area contributed by atoms with Gasteiger partial charge in [-0.05, 0) is 49.4 Å². The van der Waals surface area contributed by atoms with Crippen molar-refractivity contribution in [2.45, 2.75) is 37.5 Å². The minimum absolute atomic E-state index is 0.0169. The van der Waals surface area contributed by atoms with E-state index in [1.807, 2.05) is 37.3 Å². The number of aryl methyl sites for hydroxylation is 2. The summed E-state index contributed by atoms with van der Waals surface area (Å²) in [7, 11) is 0. The molecule has 1 aliphatic rings. The SMILES string of the molecule is Cc1ccc(-c2nnc(SCC(=O)N[C@@H]3CCCc4ccccc43)o2)cc1. The van der Waals surface area contributed by atoms with Gasteiger partial charge in [0.1, 0.15) is 0 Å². The largest absolute Gasteiger partial charge is 0.411 e. The summed E-state index contributed by atoms with van der Waals surface area (Å²) in [5.74, 6) is 0.713. The standard InChI is InChI=1S/C21H21N3O2S/c1-14-9-11-16(12-10-14)20-23-24-21(26-20)27-13-19(25)22-18-8-4-6-15-5-2-3-7-17(15)18/h2-3,5,7,9-12,18H,4,6,8,13H2,1H3,(H,22,25)/t18-/m1/s1. The fourth-order valence-corrected chi connectivity index (χ4v) is 3.92. The Hall–Kier alpha value is -2.60. The Kier molecular flexibility index (Phi) is 5.25. The zero-order valence-corrected chi connectivity index (χ0v) is 16.0. The summed E-state index contributed by atoms with van der Waals surface area (Å²) in [6.07, 6.45) is 3.16. The molecule has 0 bridgehead atoms. The smallest absolute Gasteiger partial charge is 0.277 e. The fraction of sp³-hybridized carbons (Fsp3) is 0.286. The summed E-state index contributed by atoms with van der Waals surface area (Å²) in [4.78, 5) is 12.4. The average Bonchev–Trinajstić information content (AvgIpc) is 3.16. The van der Waals surface area contributed by atoms with Gasteiger partial charge in [-0.25, -0.2) is 0 Å². The number of amides is 1. The molecule has 1 amide bonds. The quantitative estimate of drug-likeness (QED) is 0.668. The van der Waals surface area contributed by atoms with Crippen LogP contribution >= 0.6 is 11.8 Å². The monoisotopic (exact) mass is 379 g/mol. The van der Waals surface area contributed by atoms with E-state index in [1.165, 1.54) is 28.5 Å². The van der Waals surface area contributed by atoms with Crippen molar-refractivity contribution in [2.24, 2.45) is 0 Å². The second-order valence-electron chi connectivity index (χ2n) is 6.74. The summed E-state index contributed by atoms with van der Waals surface area (Å²) in [5.41, 5.74) is 4.62. The molecule has 0 saturated carbocycles. The van der Waals surface area contributed by atoms with Crippen LogP contribution in [0.15, 0.2) is 58.2 Å². The number of hydrogen-bond acceptors (Lipinski definition) is 5. The van der Waals surface area contributed by atoms with E-state index in [2.05, 4.69) is 33.7 Å². The summed E-state index contributed by atoms with van der Waals surface area (Å²) in [6, 6.07) is 16.3. The van der Waals surface area contributed by atoms with Gasteiger partial charge < -0.3 is 9.73 Å². The highest BCUT2D eigenvalue weighted by Crippen LogP contribution is 2.30. The van der Waals surface area contributed by atoms with Gasteiger partial charge in [0, 0.05) is 5.56 Å². The Morgan fingerprint density at radius 3 is 2.85 bits per heavy atom. The highest BCUT2D eigenvalue weighted by atomic mass is 32.2. The lowest BCUT2D eigenvalue weighted by Crippen LogP contribution is -2.32. The first-order chi connectivity index (χ1) is 13.2. The lowest BCUT2D eigenvalue weighted by Gasteiger charge is -2.26. The molecule has 27 heavy (non-hydrogen) atoms. The molecule has 0 fully saturated rings. The number of carbonyl (C=O) groups excluding carboxylic acids is 1. The van der Waals surface area contributed by atoms with Gasteiger partial charge in [-0.1, -0.05) is 53.7 Å². The van der Waals surface area contributed by atoms with Crippen molar-refractivity contribution in [1.82, 2.24) is 15.5 Å². The van der Waals surface area contributed by atoms with E-state index >= 15 is 0 Å². The van der Waals surface area contributed by atoms with Crippen molar-refractivity contribution in [1.29, 1.82) is 0 Å². The first kappa shape index (κ1) is 17.8. The van der Waals surface area contributed by atoms with Crippen molar-refractivity contribution in [2.75, 3.05) is 5.75 Å². The lowest BCUT2D eigenvalue weighted by molar-refractivity contribution is -0.119. The van der Waals surface area contributed by atoms with Gasteiger partial charge >= 0.3 is 0 Å². The minimum Gasteiger partial charge on any atom is -0.411 e. The van der Waals surface area contributed by atoms with Gasteiger partial charge in [-0.2, -0.15) is 0 Å². The van der Waals surface area contributed by atoms with E-state index < -0.39 is 0 Å². The third-order valence-electron chi connectivity index (χ3n) is 4.74. The highest BCUT2D eigenvalue weighted by molar-refractivity contribution is 7.99. The average molecular weight is 379 g/mol. The van der Waals surface area contributed by atoms with Crippen molar-refractivity contribution >= 4 is 17.7 Å². The number of carbonyl (C=O) groups is 1. The van der Waals surface area contributed by atoms with Crippen LogP contribution in [-0.4, -0.2) is 21.9 Å². The molecule has 0 saturated heterocycles. The molecule has 2 aromatic carbocycles. The molecule has 1 aliphatic carbocycles. The van der Waals surface area contributed by atoms with Crippen LogP contribution in [-0.2, 0) is 11.2 Å². The van der Waals surface area contributed by atoms with Crippen LogP contribution in [0.1, 0.15) is 35.6 Å². The molecule has 5 nitrogen and oxygen atoms in total. The molecule has 1 N–H and O–H groups in total. The number of nitrogens with zero attached hydrogens (tertiary/aromatic N) is 2. The van der Waals surface area contributed by atoms with Crippen LogP contribution in [0, 0.1) is 6.92 Å². The minimum atomic E-state index is -0.0169. The van der Waals surface area contributed by atoms with Gasteiger partial charge in [0.25, 0.3) is 5.22 Å². The third-order valence-corrected chi connectivity index (χ3v) is 5.55. The summed E-state index contributed by atoms with van der Waals surface area (Å²) >= 11 is 1.26. The Balaban J connectivity index is 1.34. The summed E-state index contributed by atoms with van der Waals surface area (Å²) in [5, 5.41) is 11.7. The van der Waals surface area contributed by atoms with Crippen LogP contribution in [0.4, 0.5) is 0 Å². The Bertz CT molecular complexity index is 937. The Labute approximate surface area is 162 Å². The van der Waals surface area contributed by atoms with Crippen LogP contribution in [0.2, 0.25) is 0 Å². The molecule has 0 spiro atoms. The maximum absolute atomic E-state index is 12.4. The van der Waals surface area contributed by atoms with Crippen molar-refractivity contribution in [3.63, 3.8) is 0 Å². The van der Waals surface area contributed by atoms with Crippen molar-refractivity contribution < 1.29 is 9.21 Å². The molecule has 138 valence electrons. The maximum Gasteiger partial charge on any atom is 0.277 e. The molecule has 1 atom stereocenters. The first-order valence-electron chi connectivity index (χ1n) is 9.09. The van der Waals surface area contributed by atoms with Gasteiger partial charge in [0.05, 0.1) is 11.8 Å². The number of thioether (sulfide) groups is 1. The molecule has 0 radical (unpaired) electrons. The van der Waals surface area contributed by atoms with Crippen LogP contribution in [0.5, 0.6) is 0 Å². The summed E-state index contributed by atoms with van der Waals surface area (Å²) < 4.78 is 5.67. The maximum atomic E-state index is 12.4. The number of fused-ring (bicyclic) bond motifs is 1. The van der Waals surface area contributed by atoms with Crippen molar-refractivity contribution in [3.05, 3.63) is 65.2 Å². The summed E-state index contributed by atoms with van der Waals surface area (Å²) in [6.45, 7) is 2.03. The second-order valence-corrected chi connectivity index (χ2v) is 7.67. The Morgan fingerprint density at radius 1 is 1.19 bits per heavy atom. The van der Waals surface area contributed by atoms with Crippen LogP contribution < -0.4 is 5.32 Å². The number of hydrogen-bond donors (Lipinski definition) is 1. The van der Waals surface area contributed by atoms with E-state index in [9.17, 15) is 4.79 Å². The molecule has 1 aromatic heterocycles. The predicted molar refractivity (Wildman–Crippen MR) is 105 cm³/mol. The second kappa shape index (κ2) is 7.96. The number of benzene rings is 2. The third kappa shape index (κ3) is 4.22. The van der Waals surface area contributed by atoms with E-state index in [-0.39, 0.29) is 17.7 Å². The van der Waals surface area contributed by atoms with Gasteiger partial charge in [0.2, 0.25) is 11.8 Å². The molecule has 4 rings (SSSR count). The number of nitrogens with one attached hydrogen (secondary N) is 1. The molecular weight excluding hydrogens is 358 g/mol. The Morgan fingerprint density at radius 2 is 2.00 bits per heavy atom. The van der Waals surface area contributed by atoms with E-state index in [4.69, 9.17) is 4.42 Å². The van der Waals surface area contributed by atoms with Gasteiger partial charge in [-0.15, -0.1) is 10.2 Å². The molecule has 0 aliphatic heterocycles. The van der Waals surface area contributed by atoms with Crippen LogP contribution in [0.25, 0.3) is 11.5 Å². The fourth-order valence-electron chi connectivity index (χ4n) is 3.35. The molecular formula is C21H21N3O2S. The van der Waals surface area contributed by atoms with E-state index in [0.717, 1.165) is 24.8 Å². The van der Waals surface area contributed by atoms with E-state index in [1.54, 1.807) is 0 Å². The normalized spacial score (nSPS) is 16.0. The number of aromatic nitrogens is 2. The molecule has 0 unspecified atom stereocenters.